The van der Waals surface area contributed by atoms with Crippen molar-refractivity contribution in [3.8, 4) is 11.3 Å². The third-order valence-electron chi connectivity index (χ3n) is 4.92. The summed E-state index contributed by atoms with van der Waals surface area (Å²) in [7, 11) is 1.84. The highest BCUT2D eigenvalue weighted by Gasteiger charge is 2.40. The van der Waals surface area contributed by atoms with Gasteiger partial charge < -0.3 is 16.2 Å². The van der Waals surface area contributed by atoms with Gasteiger partial charge in [-0.05, 0) is 43.0 Å². The van der Waals surface area contributed by atoms with Gasteiger partial charge in [-0.3, -0.25) is 9.48 Å². The fraction of sp³-hybridized carbons (Fsp3) is 0.300. The zero-order chi connectivity index (χ0) is 19.9. The molecule has 28 heavy (non-hydrogen) atoms. The molecule has 1 aliphatic carbocycles. The zero-order valence-electron chi connectivity index (χ0n) is 15.8. The van der Waals surface area contributed by atoms with Crippen LogP contribution in [0.3, 0.4) is 0 Å². The van der Waals surface area contributed by atoms with Gasteiger partial charge in [0.2, 0.25) is 11.9 Å². The Hall–Kier alpha value is -3.26. The van der Waals surface area contributed by atoms with E-state index in [2.05, 4.69) is 20.4 Å². The zero-order valence-corrected chi connectivity index (χ0v) is 15.8. The summed E-state index contributed by atoms with van der Waals surface area (Å²) >= 11 is 0. The summed E-state index contributed by atoms with van der Waals surface area (Å²) in [5, 5.41) is 17.6. The number of anilines is 2. The number of aromatic nitrogens is 4. The van der Waals surface area contributed by atoms with E-state index in [9.17, 15) is 9.90 Å². The summed E-state index contributed by atoms with van der Waals surface area (Å²) < 4.78 is 1.69. The van der Waals surface area contributed by atoms with E-state index in [0.29, 0.717) is 17.9 Å². The Morgan fingerprint density at radius 3 is 2.79 bits per heavy atom. The first-order valence-corrected chi connectivity index (χ1v) is 9.08. The minimum atomic E-state index is -0.726. The maximum absolute atomic E-state index is 11.8. The quantitative estimate of drug-likeness (QED) is 0.604. The van der Waals surface area contributed by atoms with Crippen LogP contribution in [0.2, 0.25) is 0 Å². The van der Waals surface area contributed by atoms with Gasteiger partial charge in [0.05, 0.1) is 23.2 Å². The number of rotatable bonds is 6. The first-order chi connectivity index (χ1) is 13.3. The maximum Gasteiger partial charge on any atom is 0.248 e. The van der Waals surface area contributed by atoms with Crippen molar-refractivity contribution in [1.29, 1.82) is 0 Å². The van der Waals surface area contributed by atoms with E-state index in [1.54, 1.807) is 23.1 Å². The smallest absolute Gasteiger partial charge is 0.248 e. The summed E-state index contributed by atoms with van der Waals surface area (Å²) in [5.41, 5.74) is 9.26. The minimum Gasteiger partial charge on any atom is -0.390 e. The van der Waals surface area contributed by atoms with E-state index in [-0.39, 0.29) is 0 Å². The highest BCUT2D eigenvalue weighted by atomic mass is 16.3. The van der Waals surface area contributed by atoms with Crippen LogP contribution in [-0.4, -0.2) is 36.4 Å². The number of nitrogens with one attached hydrogen (secondary N) is 1. The van der Waals surface area contributed by atoms with Crippen LogP contribution in [0.15, 0.2) is 36.8 Å². The van der Waals surface area contributed by atoms with Gasteiger partial charge in [-0.15, -0.1) is 0 Å². The van der Waals surface area contributed by atoms with Crippen LogP contribution in [-0.2, 0) is 13.5 Å². The number of carbonyl (C=O) groups is 1. The number of amides is 1. The normalized spacial score (nSPS) is 14.7. The number of nitrogens with two attached hydrogens (primary N) is 1. The summed E-state index contributed by atoms with van der Waals surface area (Å²) in [4.78, 5) is 20.8. The third-order valence-corrected chi connectivity index (χ3v) is 4.92. The number of hydrogen-bond acceptors (Lipinski definition) is 6. The molecule has 0 radical (unpaired) electrons. The lowest BCUT2D eigenvalue weighted by Crippen LogP contribution is -2.18. The molecule has 0 unspecified atom stereocenters. The van der Waals surface area contributed by atoms with Gasteiger partial charge >= 0.3 is 0 Å². The number of carbonyl (C=O) groups excluding carboxylic acids is 1. The SMILES string of the molecule is Cc1cnc(Nc2cnn(C)c2)nc1-c1ccc(C(N)=O)c(CC2(O)CC2)c1. The summed E-state index contributed by atoms with van der Waals surface area (Å²) in [6.07, 6.45) is 7.15. The van der Waals surface area contributed by atoms with E-state index in [1.807, 2.05) is 32.3 Å². The molecule has 3 aromatic rings. The molecule has 2 aromatic heterocycles. The predicted molar refractivity (Wildman–Crippen MR) is 105 cm³/mol. The predicted octanol–water partition coefficient (Wildman–Crippen LogP) is 2.10. The monoisotopic (exact) mass is 378 g/mol. The van der Waals surface area contributed by atoms with Crippen molar-refractivity contribution >= 4 is 17.5 Å². The molecule has 0 atom stereocenters. The minimum absolute atomic E-state index is 0.407. The lowest BCUT2D eigenvalue weighted by atomic mass is 9.95. The van der Waals surface area contributed by atoms with E-state index < -0.39 is 11.5 Å². The summed E-state index contributed by atoms with van der Waals surface area (Å²) in [6.45, 7) is 1.93. The molecule has 0 bridgehead atoms. The number of benzene rings is 1. The number of primary amides is 1. The molecular formula is C20H22N6O2. The number of aliphatic hydroxyl groups is 1. The van der Waals surface area contributed by atoms with Gasteiger partial charge in [0.25, 0.3) is 0 Å². The lowest BCUT2D eigenvalue weighted by Gasteiger charge is -2.14. The molecular weight excluding hydrogens is 356 g/mol. The van der Waals surface area contributed by atoms with Gasteiger partial charge in [0.1, 0.15) is 0 Å². The largest absolute Gasteiger partial charge is 0.390 e. The molecule has 1 aliphatic rings. The van der Waals surface area contributed by atoms with Crippen molar-refractivity contribution in [2.75, 3.05) is 5.32 Å². The van der Waals surface area contributed by atoms with Crippen molar-refractivity contribution in [2.45, 2.75) is 31.8 Å². The second-order valence-corrected chi connectivity index (χ2v) is 7.39. The van der Waals surface area contributed by atoms with Crippen LogP contribution in [0.4, 0.5) is 11.6 Å². The highest BCUT2D eigenvalue weighted by molar-refractivity contribution is 5.95. The van der Waals surface area contributed by atoms with E-state index in [4.69, 9.17) is 5.73 Å². The molecule has 1 saturated carbocycles. The second kappa shape index (κ2) is 6.72. The van der Waals surface area contributed by atoms with Gasteiger partial charge in [0, 0.05) is 37.0 Å². The van der Waals surface area contributed by atoms with Gasteiger partial charge in [0.15, 0.2) is 0 Å². The number of aryl methyl sites for hydroxylation is 2. The highest BCUT2D eigenvalue weighted by Crippen LogP contribution is 2.39. The number of nitrogens with zero attached hydrogens (tertiary/aromatic N) is 4. The molecule has 1 fully saturated rings. The van der Waals surface area contributed by atoms with Crippen LogP contribution >= 0.6 is 0 Å². The number of hydrogen-bond donors (Lipinski definition) is 3. The molecule has 4 N–H and O–H groups in total. The van der Waals surface area contributed by atoms with Gasteiger partial charge in [-0.25, -0.2) is 9.97 Å². The molecule has 1 amide bonds. The van der Waals surface area contributed by atoms with Crippen LogP contribution in [0, 0.1) is 6.92 Å². The molecule has 144 valence electrons. The second-order valence-electron chi connectivity index (χ2n) is 7.39. The molecule has 2 heterocycles. The van der Waals surface area contributed by atoms with Crippen molar-refractivity contribution in [3.05, 3.63) is 53.5 Å². The Labute approximate surface area is 162 Å². The first kappa shape index (κ1) is 18.1. The average molecular weight is 378 g/mol. The van der Waals surface area contributed by atoms with Crippen LogP contribution in [0.1, 0.15) is 34.3 Å². The maximum atomic E-state index is 11.8. The molecule has 0 spiro atoms. The van der Waals surface area contributed by atoms with Crippen LogP contribution in [0.25, 0.3) is 11.3 Å². The standard InChI is InChI=1S/C20H22N6O2/c1-12-9-22-19(24-15-10-23-26(2)11-15)25-17(12)13-3-4-16(18(21)27)14(7-13)8-20(28)5-6-20/h3-4,7,9-11,28H,5-6,8H2,1-2H3,(H2,21,27)(H,22,24,25). The molecule has 8 nitrogen and oxygen atoms in total. The Balaban J connectivity index is 1.70. The van der Waals surface area contributed by atoms with E-state index >= 15 is 0 Å². The van der Waals surface area contributed by atoms with Crippen LogP contribution in [0.5, 0.6) is 0 Å². The van der Waals surface area contributed by atoms with Crippen molar-refractivity contribution < 1.29 is 9.90 Å². The van der Waals surface area contributed by atoms with Gasteiger partial charge in [-0.1, -0.05) is 6.07 Å². The average Bonchev–Trinajstić information content (AvgIpc) is 3.23. The van der Waals surface area contributed by atoms with Crippen molar-refractivity contribution in [3.63, 3.8) is 0 Å². The summed E-state index contributed by atoms with van der Waals surface area (Å²) in [6, 6.07) is 5.41. The topological polar surface area (TPSA) is 119 Å². The molecule has 8 heteroatoms. The Kier molecular flexibility index (Phi) is 4.35. The first-order valence-electron chi connectivity index (χ1n) is 9.08. The fourth-order valence-corrected chi connectivity index (χ4v) is 3.21. The fourth-order valence-electron chi connectivity index (χ4n) is 3.21. The van der Waals surface area contributed by atoms with E-state index in [1.165, 1.54) is 0 Å². The van der Waals surface area contributed by atoms with E-state index in [0.717, 1.165) is 40.9 Å². The Morgan fingerprint density at radius 1 is 1.36 bits per heavy atom. The van der Waals surface area contributed by atoms with Crippen LogP contribution < -0.4 is 11.1 Å². The Bertz CT molecular complexity index is 1050. The van der Waals surface area contributed by atoms with Crippen molar-refractivity contribution in [2.24, 2.45) is 12.8 Å². The molecule has 4 rings (SSSR count). The summed E-state index contributed by atoms with van der Waals surface area (Å²) in [5.74, 6) is -0.0425. The lowest BCUT2D eigenvalue weighted by molar-refractivity contribution is 0.0998. The third kappa shape index (κ3) is 3.72. The Morgan fingerprint density at radius 2 is 2.14 bits per heavy atom. The van der Waals surface area contributed by atoms with Gasteiger partial charge in [-0.2, -0.15) is 5.10 Å². The van der Waals surface area contributed by atoms with Crippen molar-refractivity contribution in [1.82, 2.24) is 19.7 Å². The molecule has 1 aromatic carbocycles. The molecule has 0 aliphatic heterocycles. The molecule has 0 saturated heterocycles.